The Morgan fingerprint density at radius 3 is 2.70 bits per heavy atom. The summed E-state index contributed by atoms with van der Waals surface area (Å²) in [6.07, 6.45) is 0.309. The molecule has 1 aliphatic rings. The Bertz CT molecular complexity index is 1020. The molecule has 1 amide bonds. The summed E-state index contributed by atoms with van der Waals surface area (Å²) in [7, 11) is 0. The number of hydrogen-bond donors (Lipinski definition) is 2. The van der Waals surface area contributed by atoms with Gasteiger partial charge in [-0.05, 0) is 22.9 Å². The van der Waals surface area contributed by atoms with Gasteiger partial charge in [0, 0.05) is 18.5 Å². The minimum Gasteiger partial charge on any atom is -0.370 e. The molecule has 0 atom stereocenters. The predicted octanol–water partition coefficient (Wildman–Crippen LogP) is 1.71. The molecular weight excluding hydrogens is 340 g/mol. The standard InChI is InChI=1S/C20H22N6O/c21-20(22)23-8-7-19(27)25-9-10-26-17(13-25)12-18(24-26)16-6-5-14-3-1-2-4-15(14)11-16/h1-6,11-12H,7-10,13H2,(H4,21,22,23). The molecule has 7 nitrogen and oxygen atoms in total. The Morgan fingerprint density at radius 2 is 1.89 bits per heavy atom. The van der Waals surface area contributed by atoms with Gasteiger partial charge in [-0.25, -0.2) is 0 Å². The van der Waals surface area contributed by atoms with Crippen molar-refractivity contribution in [2.45, 2.75) is 19.5 Å². The van der Waals surface area contributed by atoms with E-state index in [2.05, 4.69) is 41.4 Å². The Hall–Kier alpha value is -3.35. The summed E-state index contributed by atoms with van der Waals surface area (Å²) in [6, 6.07) is 16.7. The molecule has 0 spiro atoms. The molecule has 0 radical (unpaired) electrons. The van der Waals surface area contributed by atoms with Gasteiger partial charge in [0.25, 0.3) is 0 Å². The van der Waals surface area contributed by atoms with Crippen molar-refractivity contribution in [3.05, 3.63) is 54.2 Å². The summed E-state index contributed by atoms with van der Waals surface area (Å²) in [5.74, 6) is 0.0688. The number of aromatic nitrogens is 2. The highest BCUT2D eigenvalue weighted by Crippen LogP contribution is 2.26. The van der Waals surface area contributed by atoms with Gasteiger partial charge in [0.2, 0.25) is 5.91 Å². The number of aliphatic imine (C=N–C) groups is 1. The normalized spacial score (nSPS) is 13.4. The van der Waals surface area contributed by atoms with E-state index < -0.39 is 0 Å². The fourth-order valence-electron chi connectivity index (χ4n) is 3.41. The summed E-state index contributed by atoms with van der Waals surface area (Å²) in [5.41, 5.74) is 13.7. The number of benzene rings is 2. The lowest BCUT2D eigenvalue weighted by Gasteiger charge is -2.27. The van der Waals surface area contributed by atoms with Gasteiger partial charge in [0.15, 0.2) is 5.96 Å². The van der Waals surface area contributed by atoms with Crippen molar-refractivity contribution in [2.75, 3.05) is 13.1 Å². The van der Waals surface area contributed by atoms with Crippen molar-refractivity contribution in [3.63, 3.8) is 0 Å². The van der Waals surface area contributed by atoms with Crippen LogP contribution in [0, 0.1) is 0 Å². The number of nitrogens with zero attached hydrogens (tertiary/aromatic N) is 4. The van der Waals surface area contributed by atoms with Crippen molar-refractivity contribution in [1.29, 1.82) is 0 Å². The first-order valence-corrected chi connectivity index (χ1v) is 8.99. The third kappa shape index (κ3) is 3.62. The average molecular weight is 362 g/mol. The first-order valence-electron chi connectivity index (χ1n) is 8.99. The lowest BCUT2D eigenvalue weighted by atomic mass is 10.1. The number of nitrogens with two attached hydrogens (primary N) is 2. The van der Waals surface area contributed by atoms with Crippen molar-refractivity contribution < 1.29 is 4.79 Å². The molecule has 1 aromatic heterocycles. The van der Waals surface area contributed by atoms with Gasteiger partial charge in [-0.15, -0.1) is 0 Å². The van der Waals surface area contributed by atoms with E-state index in [1.807, 2.05) is 21.7 Å². The van der Waals surface area contributed by atoms with Gasteiger partial charge in [-0.1, -0.05) is 36.4 Å². The maximum atomic E-state index is 12.4. The largest absolute Gasteiger partial charge is 0.370 e. The average Bonchev–Trinajstić information content (AvgIpc) is 3.10. The van der Waals surface area contributed by atoms with Crippen LogP contribution in [0.2, 0.25) is 0 Å². The van der Waals surface area contributed by atoms with Gasteiger partial charge in [-0.3, -0.25) is 14.5 Å². The topological polar surface area (TPSA) is 103 Å². The minimum absolute atomic E-state index is 0.0135. The second-order valence-electron chi connectivity index (χ2n) is 6.68. The van der Waals surface area contributed by atoms with E-state index in [1.54, 1.807) is 0 Å². The number of guanidine groups is 1. The van der Waals surface area contributed by atoms with Gasteiger partial charge < -0.3 is 16.4 Å². The highest BCUT2D eigenvalue weighted by Gasteiger charge is 2.22. The molecule has 2 heterocycles. The number of rotatable bonds is 4. The van der Waals surface area contributed by atoms with E-state index in [1.165, 1.54) is 10.8 Å². The molecule has 0 aliphatic carbocycles. The van der Waals surface area contributed by atoms with Crippen LogP contribution < -0.4 is 11.5 Å². The van der Waals surface area contributed by atoms with Crippen LogP contribution in [-0.4, -0.2) is 39.6 Å². The van der Waals surface area contributed by atoms with E-state index >= 15 is 0 Å². The molecule has 0 unspecified atom stereocenters. The zero-order valence-electron chi connectivity index (χ0n) is 15.0. The molecule has 7 heteroatoms. The quantitative estimate of drug-likeness (QED) is 0.545. The van der Waals surface area contributed by atoms with Crippen molar-refractivity contribution in [3.8, 4) is 11.3 Å². The summed E-state index contributed by atoms with van der Waals surface area (Å²) in [4.78, 5) is 18.1. The lowest BCUT2D eigenvalue weighted by molar-refractivity contribution is -0.132. The molecule has 1 aliphatic heterocycles. The summed E-state index contributed by atoms with van der Waals surface area (Å²) in [5, 5.41) is 7.13. The Labute approximate surface area is 157 Å². The van der Waals surface area contributed by atoms with Gasteiger partial charge in [0.05, 0.1) is 31.0 Å². The maximum absolute atomic E-state index is 12.4. The fraction of sp³-hybridized carbons (Fsp3) is 0.250. The Kier molecular flexibility index (Phi) is 4.50. The predicted molar refractivity (Wildman–Crippen MR) is 106 cm³/mol. The van der Waals surface area contributed by atoms with Crippen LogP contribution in [-0.2, 0) is 17.9 Å². The van der Waals surface area contributed by atoms with Gasteiger partial charge in [0.1, 0.15) is 0 Å². The molecule has 2 aromatic carbocycles. The molecule has 4 rings (SSSR count). The Morgan fingerprint density at radius 1 is 1.07 bits per heavy atom. The summed E-state index contributed by atoms with van der Waals surface area (Å²) < 4.78 is 1.99. The van der Waals surface area contributed by atoms with E-state index in [0.717, 1.165) is 17.0 Å². The zero-order valence-corrected chi connectivity index (χ0v) is 15.0. The van der Waals surface area contributed by atoms with Crippen molar-refractivity contribution in [1.82, 2.24) is 14.7 Å². The summed E-state index contributed by atoms with van der Waals surface area (Å²) >= 11 is 0. The van der Waals surface area contributed by atoms with Gasteiger partial charge >= 0.3 is 0 Å². The smallest absolute Gasteiger partial charge is 0.224 e. The molecule has 4 N–H and O–H groups in total. The second-order valence-corrected chi connectivity index (χ2v) is 6.68. The summed E-state index contributed by atoms with van der Waals surface area (Å²) in [6.45, 7) is 2.21. The molecule has 3 aromatic rings. The number of hydrogen-bond acceptors (Lipinski definition) is 3. The highest BCUT2D eigenvalue weighted by atomic mass is 16.2. The second kappa shape index (κ2) is 7.11. The highest BCUT2D eigenvalue weighted by molar-refractivity contribution is 5.86. The van der Waals surface area contributed by atoms with Gasteiger partial charge in [-0.2, -0.15) is 5.10 Å². The van der Waals surface area contributed by atoms with Crippen molar-refractivity contribution >= 4 is 22.6 Å². The lowest BCUT2D eigenvalue weighted by Crippen LogP contribution is -2.38. The molecular formula is C20H22N6O. The monoisotopic (exact) mass is 362 g/mol. The maximum Gasteiger partial charge on any atom is 0.224 e. The van der Waals surface area contributed by atoms with Crippen LogP contribution in [0.3, 0.4) is 0 Å². The van der Waals surface area contributed by atoms with E-state index in [0.29, 0.717) is 32.6 Å². The first kappa shape index (κ1) is 17.1. The molecule has 0 saturated heterocycles. The minimum atomic E-state index is 0.0135. The van der Waals surface area contributed by atoms with E-state index in [-0.39, 0.29) is 11.9 Å². The zero-order chi connectivity index (χ0) is 18.8. The Balaban J connectivity index is 1.51. The van der Waals surface area contributed by atoms with E-state index in [9.17, 15) is 4.79 Å². The van der Waals surface area contributed by atoms with Crippen LogP contribution in [0.15, 0.2) is 53.5 Å². The SMILES string of the molecule is NC(N)=NCCC(=O)N1CCn2nc(-c3ccc4ccccc4c3)cc2C1. The fourth-order valence-corrected chi connectivity index (χ4v) is 3.41. The van der Waals surface area contributed by atoms with Crippen LogP contribution >= 0.6 is 0 Å². The number of carbonyl (C=O) groups is 1. The number of carbonyl (C=O) groups excluding carboxylic acids is 1. The van der Waals surface area contributed by atoms with Crippen LogP contribution in [0.4, 0.5) is 0 Å². The van der Waals surface area contributed by atoms with Crippen molar-refractivity contribution in [2.24, 2.45) is 16.5 Å². The molecule has 0 saturated carbocycles. The van der Waals surface area contributed by atoms with Crippen LogP contribution in [0.5, 0.6) is 0 Å². The van der Waals surface area contributed by atoms with Crippen LogP contribution in [0.1, 0.15) is 12.1 Å². The molecule has 0 bridgehead atoms. The van der Waals surface area contributed by atoms with E-state index in [4.69, 9.17) is 16.6 Å². The third-order valence-electron chi connectivity index (χ3n) is 4.82. The van der Waals surface area contributed by atoms with Crippen LogP contribution in [0.25, 0.3) is 22.0 Å². The molecule has 138 valence electrons. The third-order valence-corrected chi connectivity index (χ3v) is 4.82. The number of amides is 1. The molecule has 0 fully saturated rings. The number of fused-ring (bicyclic) bond motifs is 2. The first-order chi connectivity index (χ1) is 13.1. The molecule has 27 heavy (non-hydrogen) atoms.